The van der Waals surface area contributed by atoms with Crippen LogP contribution in [0.4, 0.5) is 4.79 Å². The van der Waals surface area contributed by atoms with Gasteiger partial charge in [0, 0.05) is 0 Å². The second-order valence-electron chi connectivity index (χ2n) is 3.69. The first-order valence-corrected chi connectivity index (χ1v) is 5.41. The van der Waals surface area contributed by atoms with Gasteiger partial charge in [-0.25, -0.2) is 4.79 Å². The number of carbonyl (C=O) groups is 1. The molecule has 0 bridgehead atoms. The highest BCUT2D eigenvalue weighted by molar-refractivity contribution is 5.59. The van der Waals surface area contributed by atoms with Gasteiger partial charge in [0.1, 0.15) is 0 Å². The second kappa shape index (κ2) is 8.85. The van der Waals surface area contributed by atoms with Gasteiger partial charge in [-0.15, -0.1) is 0 Å². The van der Waals surface area contributed by atoms with E-state index in [-0.39, 0.29) is 0 Å². The van der Waals surface area contributed by atoms with Gasteiger partial charge in [-0.1, -0.05) is 39.5 Å². The summed E-state index contributed by atoms with van der Waals surface area (Å²) in [4.78, 5) is 10.6. The highest BCUT2D eigenvalue weighted by Crippen LogP contribution is 2.12. The molecule has 0 fully saturated rings. The molecule has 0 aliphatic carbocycles. The van der Waals surface area contributed by atoms with Crippen LogP contribution in [-0.4, -0.2) is 19.9 Å². The fraction of sp³-hybridized carbons (Fsp3) is 0.909. The van der Waals surface area contributed by atoms with Gasteiger partial charge in [0.15, 0.2) is 0 Å². The van der Waals surface area contributed by atoms with Gasteiger partial charge in [0.2, 0.25) is 0 Å². The minimum Gasteiger partial charge on any atom is -0.438 e. The smallest absolute Gasteiger partial charge is 0.438 e. The fourth-order valence-electron chi connectivity index (χ4n) is 1.29. The van der Waals surface area contributed by atoms with Crippen molar-refractivity contribution in [2.75, 3.05) is 13.7 Å². The van der Waals surface area contributed by atoms with E-state index in [1.54, 1.807) is 0 Å². The van der Waals surface area contributed by atoms with Crippen molar-refractivity contribution in [2.45, 2.75) is 46.0 Å². The second-order valence-corrected chi connectivity index (χ2v) is 3.69. The van der Waals surface area contributed by atoms with E-state index in [0.29, 0.717) is 12.5 Å². The lowest BCUT2D eigenvalue weighted by molar-refractivity contribution is 0.0684. The molecule has 1 atom stereocenters. The van der Waals surface area contributed by atoms with Crippen LogP contribution in [0.15, 0.2) is 0 Å². The minimum atomic E-state index is -0.578. The van der Waals surface area contributed by atoms with Gasteiger partial charge in [-0.05, 0) is 12.3 Å². The number of carbonyl (C=O) groups excluding carboxylic acids is 1. The van der Waals surface area contributed by atoms with Crippen LogP contribution in [0.25, 0.3) is 0 Å². The van der Waals surface area contributed by atoms with Crippen LogP contribution in [0.1, 0.15) is 46.0 Å². The summed E-state index contributed by atoms with van der Waals surface area (Å²) in [7, 11) is 1.33. The van der Waals surface area contributed by atoms with Gasteiger partial charge in [0.05, 0.1) is 13.7 Å². The maximum Gasteiger partial charge on any atom is 0.507 e. The van der Waals surface area contributed by atoms with Crippen molar-refractivity contribution < 1.29 is 14.3 Å². The quantitative estimate of drug-likeness (QED) is 0.469. The number of rotatable bonds is 7. The molecule has 84 valence electrons. The maximum absolute atomic E-state index is 10.6. The van der Waals surface area contributed by atoms with Crippen LogP contribution in [0.5, 0.6) is 0 Å². The molecule has 1 unspecified atom stereocenters. The number of methoxy groups -OCH3 is 1. The summed E-state index contributed by atoms with van der Waals surface area (Å²) in [5.41, 5.74) is 0. The molecule has 0 heterocycles. The lowest BCUT2D eigenvalue weighted by Crippen LogP contribution is -2.08. The summed E-state index contributed by atoms with van der Waals surface area (Å²) in [6, 6.07) is 0. The zero-order valence-electron chi connectivity index (χ0n) is 9.54. The Morgan fingerprint density at radius 1 is 1.29 bits per heavy atom. The summed E-state index contributed by atoms with van der Waals surface area (Å²) < 4.78 is 9.18. The molecule has 3 nitrogen and oxygen atoms in total. The van der Waals surface area contributed by atoms with Crippen LogP contribution in [-0.2, 0) is 9.47 Å². The van der Waals surface area contributed by atoms with Gasteiger partial charge >= 0.3 is 6.16 Å². The molecule has 3 heteroatoms. The molecule has 0 saturated carbocycles. The molecule has 0 aliphatic heterocycles. The Labute approximate surface area is 86.8 Å². The van der Waals surface area contributed by atoms with E-state index in [1.807, 2.05) is 0 Å². The van der Waals surface area contributed by atoms with Crippen LogP contribution in [0, 0.1) is 5.92 Å². The van der Waals surface area contributed by atoms with E-state index in [1.165, 1.54) is 32.8 Å². The lowest BCUT2D eigenvalue weighted by atomic mass is 10.0. The Morgan fingerprint density at radius 3 is 2.57 bits per heavy atom. The topological polar surface area (TPSA) is 35.5 Å². The van der Waals surface area contributed by atoms with Crippen molar-refractivity contribution in [3.63, 3.8) is 0 Å². The predicted molar refractivity (Wildman–Crippen MR) is 56.3 cm³/mol. The van der Waals surface area contributed by atoms with Gasteiger partial charge in [0.25, 0.3) is 0 Å². The molecule has 0 amide bonds. The third kappa shape index (κ3) is 7.90. The molecule has 0 aromatic rings. The highest BCUT2D eigenvalue weighted by atomic mass is 16.7. The fourth-order valence-corrected chi connectivity index (χ4v) is 1.29. The third-order valence-corrected chi connectivity index (χ3v) is 2.30. The lowest BCUT2D eigenvalue weighted by Gasteiger charge is -2.10. The van der Waals surface area contributed by atoms with Gasteiger partial charge < -0.3 is 9.47 Å². The Bertz CT molecular complexity index is 145. The Balaban J connectivity index is 3.26. The number of hydrogen-bond acceptors (Lipinski definition) is 3. The molecule has 0 rings (SSSR count). The summed E-state index contributed by atoms with van der Waals surface area (Å²) in [5.74, 6) is 0.631. The molecule has 14 heavy (non-hydrogen) atoms. The first-order valence-electron chi connectivity index (χ1n) is 5.41. The molecule has 0 aromatic heterocycles. The average molecular weight is 202 g/mol. The molecular weight excluding hydrogens is 180 g/mol. The van der Waals surface area contributed by atoms with Crippen LogP contribution >= 0.6 is 0 Å². The normalized spacial score (nSPS) is 12.2. The highest BCUT2D eigenvalue weighted by Gasteiger charge is 2.04. The standard InChI is InChI=1S/C11H22O3/c1-4-5-6-7-10(2)8-9-14-11(12)13-3/h10H,4-9H2,1-3H3. The van der Waals surface area contributed by atoms with Crippen molar-refractivity contribution >= 4 is 6.16 Å². The van der Waals surface area contributed by atoms with E-state index in [4.69, 9.17) is 4.74 Å². The van der Waals surface area contributed by atoms with E-state index in [9.17, 15) is 4.79 Å². The van der Waals surface area contributed by atoms with Gasteiger partial charge in [-0.2, -0.15) is 0 Å². The van der Waals surface area contributed by atoms with Crippen molar-refractivity contribution in [3.8, 4) is 0 Å². The summed E-state index contributed by atoms with van der Waals surface area (Å²) >= 11 is 0. The van der Waals surface area contributed by atoms with Crippen molar-refractivity contribution in [2.24, 2.45) is 5.92 Å². The van der Waals surface area contributed by atoms with Crippen LogP contribution in [0.3, 0.4) is 0 Å². The summed E-state index contributed by atoms with van der Waals surface area (Å²) in [6.45, 7) is 4.86. The zero-order valence-corrected chi connectivity index (χ0v) is 9.54. The molecular formula is C11H22O3. The van der Waals surface area contributed by atoms with E-state index >= 15 is 0 Å². The Morgan fingerprint density at radius 2 is 2.00 bits per heavy atom. The maximum atomic E-state index is 10.6. The number of ether oxygens (including phenoxy) is 2. The SMILES string of the molecule is CCCCCC(C)CCOC(=O)OC. The number of unbranched alkanes of at least 4 members (excludes halogenated alkanes) is 2. The molecule has 0 aliphatic rings. The Kier molecular flexibility index (Phi) is 8.39. The van der Waals surface area contributed by atoms with E-state index in [2.05, 4.69) is 18.6 Å². The largest absolute Gasteiger partial charge is 0.507 e. The number of hydrogen-bond donors (Lipinski definition) is 0. The zero-order chi connectivity index (χ0) is 10.8. The van der Waals surface area contributed by atoms with Gasteiger partial charge in [-0.3, -0.25) is 0 Å². The molecule has 0 saturated heterocycles. The molecule has 0 aromatic carbocycles. The van der Waals surface area contributed by atoms with Crippen LogP contribution < -0.4 is 0 Å². The van der Waals surface area contributed by atoms with Crippen LogP contribution in [0.2, 0.25) is 0 Å². The van der Waals surface area contributed by atoms with E-state index in [0.717, 1.165) is 6.42 Å². The first kappa shape index (κ1) is 13.3. The third-order valence-electron chi connectivity index (χ3n) is 2.30. The summed E-state index contributed by atoms with van der Waals surface area (Å²) in [6.07, 6.45) is 5.39. The minimum absolute atomic E-state index is 0.472. The molecule has 0 spiro atoms. The monoisotopic (exact) mass is 202 g/mol. The molecule has 0 radical (unpaired) electrons. The Hall–Kier alpha value is -0.730. The van der Waals surface area contributed by atoms with Crippen molar-refractivity contribution in [3.05, 3.63) is 0 Å². The first-order chi connectivity index (χ1) is 6.70. The van der Waals surface area contributed by atoms with Crippen molar-refractivity contribution in [1.29, 1.82) is 0 Å². The predicted octanol–water partition coefficient (Wildman–Crippen LogP) is 3.38. The summed E-state index contributed by atoms with van der Waals surface area (Å²) in [5, 5.41) is 0. The molecule has 0 N–H and O–H groups in total. The average Bonchev–Trinajstić information content (AvgIpc) is 2.18. The van der Waals surface area contributed by atoms with E-state index < -0.39 is 6.16 Å². The van der Waals surface area contributed by atoms with Crippen molar-refractivity contribution in [1.82, 2.24) is 0 Å².